The quantitative estimate of drug-likeness (QED) is 0.825. The minimum absolute atomic E-state index is 0.166. The summed E-state index contributed by atoms with van der Waals surface area (Å²) in [4.78, 5) is 0. The van der Waals surface area contributed by atoms with Crippen LogP contribution in [0.2, 0.25) is 5.02 Å². The lowest BCUT2D eigenvalue weighted by atomic mass is 9.91. The molecule has 0 aliphatic heterocycles. The predicted octanol–water partition coefficient (Wildman–Crippen LogP) is 4.55. The van der Waals surface area contributed by atoms with Crippen LogP contribution in [0.1, 0.15) is 24.0 Å². The molecule has 0 radical (unpaired) electrons. The lowest BCUT2D eigenvalue weighted by molar-refractivity contribution is 0.531. The number of likely N-dealkylation sites (N-methyl/N-ethyl adjacent to an activating group) is 1. The topological polar surface area (TPSA) is 12.0 Å². The van der Waals surface area contributed by atoms with Gasteiger partial charge < -0.3 is 5.32 Å². The summed E-state index contributed by atoms with van der Waals surface area (Å²) in [6, 6.07) is 11.2. The highest BCUT2D eigenvalue weighted by molar-refractivity contribution is 6.31. The molecule has 0 heterocycles. The van der Waals surface area contributed by atoms with Gasteiger partial charge in [-0.2, -0.15) is 0 Å². The van der Waals surface area contributed by atoms with Gasteiger partial charge in [-0.1, -0.05) is 42.8 Å². The summed E-state index contributed by atoms with van der Waals surface area (Å²) in [5, 5.41) is 3.58. The van der Waals surface area contributed by atoms with Gasteiger partial charge in [0.05, 0.1) is 0 Å². The Bertz CT molecular complexity index is 581. The molecule has 0 aromatic heterocycles. The molecule has 1 atom stereocenters. The van der Waals surface area contributed by atoms with E-state index in [2.05, 4.69) is 5.32 Å². The second kappa shape index (κ2) is 7.53. The average Bonchev–Trinajstić information content (AvgIpc) is 2.47. The molecule has 0 aliphatic rings. The fourth-order valence-electron chi connectivity index (χ4n) is 2.39. The smallest absolute Gasteiger partial charge is 0.127 e. The van der Waals surface area contributed by atoms with Gasteiger partial charge in [-0.3, -0.25) is 0 Å². The minimum atomic E-state index is -0.347. The molecule has 1 nitrogen and oxygen atoms in total. The molecule has 2 rings (SSSR count). The van der Waals surface area contributed by atoms with Crippen LogP contribution < -0.4 is 5.32 Å². The molecule has 0 saturated carbocycles. The number of nitrogens with one attached hydrogen (secondary N) is 1. The summed E-state index contributed by atoms with van der Waals surface area (Å²) in [7, 11) is 0. The molecule has 4 heteroatoms. The highest BCUT2D eigenvalue weighted by Crippen LogP contribution is 2.28. The van der Waals surface area contributed by atoms with E-state index in [0.717, 1.165) is 6.54 Å². The number of halogens is 3. The van der Waals surface area contributed by atoms with E-state index < -0.39 is 0 Å². The molecule has 1 N–H and O–H groups in total. The maximum atomic E-state index is 14.0. The monoisotopic (exact) mass is 309 g/mol. The van der Waals surface area contributed by atoms with Gasteiger partial charge in [0.1, 0.15) is 11.6 Å². The van der Waals surface area contributed by atoms with E-state index in [9.17, 15) is 8.78 Å². The van der Waals surface area contributed by atoms with Crippen LogP contribution in [-0.2, 0) is 6.42 Å². The fraction of sp³-hybridized carbons (Fsp3) is 0.294. The maximum Gasteiger partial charge on any atom is 0.127 e. The van der Waals surface area contributed by atoms with Crippen molar-refractivity contribution in [2.45, 2.75) is 19.3 Å². The molecule has 0 fully saturated rings. The Kier molecular flexibility index (Phi) is 5.71. The number of benzene rings is 2. The first-order valence-corrected chi connectivity index (χ1v) is 7.39. The molecule has 0 saturated heterocycles. The fourth-order valence-corrected chi connectivity index (χ4v) is 2.63. The Balaban J connectivity index is 2.31. The van der Waals surface area contributed by atoms with Gasteiger partial charge in [0.25, 0.3) is 0 Å². The molecule has 0 bridgehead atoms. The molecule has 2 aromatic rings. The first kappa shape index (κ1) is 15.9. The van der Waals surface area contributed by atoms with Crippen molar-refractivity contribution in [3.05, 3.63) is 70.2 Å². The standard InChI is InChI=1S/C17H18ClF2N/c1-2-21-11-12(13-6-3-4-8-16(13)19)10-14-15(18)7-5-9-17(14)20/h3-9,12,21H,2,10-11H2,1H3. The zero-order chi connectivity index (χ0) is 15.2. The van der Waals surface area contributed by atoms with Gasteiger partial charge in [0, 0.05) is 23.0 Å². The van der Waals surface area contributed by atoms with Crippen LogP contribution in [0.5, 0.6) is 0 Å². The second-order valence-corrected chi connectivity index (χ2v) is 5.34. The zero-order valence-corrected chi connectivity index (χ0v) is 12.6. The normalized spacial score (nSPS) is 12.4. The molecular formula is C17H18ClF2N. The number of rotatable bonds is 6. The van der Waals surface area contributed by atoms with Crippen LogP contribution in [-0.4, -0.2) is 13.1 Å². The molecule has 0 aliphatic carbocycles. The van der Waals surface area contributed by atoms with Crippen molar-refractivity contribution in [1.29, 1.82) is 0 Å². The summed E-state index contributed by atoms with van der Waals surface area (Å²) >= 11 is 6.08. The third-order valence-electron chi connectivity index (χ3n) is 3.50. The predicted molar refractivity (Wildman–Crippen MR) is 82.8 cm³/mol. The first-order valence-electron chi connectivity index (χ1n) is 7.01. The first-order chi connectivity index (χ1) is 10.1. The van der Waals surface area contributed by atoms with Crippen molar-refractivity contribution in [3.8, 4) is 0 Å². The van der Waals surface area contributed by atoms with Gasteiger partial charge in [-0.05, 0) is 36.7 Å². The van der Waals surface area contributed by atoms with Crippen molar-refractivity contribution in [3.63, 3.8) is 0 Å². The molecule has 0 amide bonds. The van der Waals surface area contributed by atoms with Gasteiger partial charge >= 0.3 is 0 Å². The van der Waals surface area contributed by atoms with Crippen LogP contribution in [0.15, 0.2) is 42.5 Å². The molecule has 21 heavy (non-hydrogen) atoms. The highest BCUT2D eigenvalue weighted by Gasteiger charge is 2.19. The van der Waals surface area contributed by atoms with E-state index in [1.165, 1.54) is 12.1 Å². The zero-order valence-electron chi connectivity index (χ0n) is 11.9. The largest absolute Gasteiger partial charge is 0.316 e. The van der Waals surface area contributed by atoms with Crippen LogP contribution in [0, 0.1) is 11.6 Å². The Morgan fingerprint density at radius 1 is 1.05 bits per heavy atom. The van der Waals surface area contributed by atoms with E-state index in [0.29, 0.717) is 29.1 Å². The van der Waals surface area contributed by atoms with Gasteiger partial charge in [0.2, 0.25) is 0 Å². The van der Waals surface area contributed by atoms with Gasteiger partial charge in [-0.15, -0.1) is 0 Å². The SMILES string of the molecule is CCNCC(Cc1c(F)cccc1Cl)c1ccccc1F. The Labute approximate surface area is 128 Å². The Hall–Kier alpha value is -1.45. The van der Waals surface area contributed by atoms with Crippen LogP contribution in [0.4, 0.5) is 8.78 Å². The van der Waals surface area contributed by atoms with Crippen molar-refractivity contribution in [1.82, 2.24) is 5.32 Å². The third kappa shape index (κ3) is 4.02. The molecule has 2 aromatic carbocycles. The highest BCUT2D eigenvalue weighted by atomic mass is 35.5. The molecule has 112 valence electrons. The molecular weight excluding hydrogens is 292 g/mol. The number of hydrogen-bond acceptors (Lipinski definition) is 1. The van der Waals surface area contributed by atoms with Crippen molar-refractivity contribution in [2.75, 3.05) is 13.1 Å². The van der Waals surface area contributed by atoms with E-state index in [4.69, 9.17) is 11.6 Å². The van der Waals surface area contributed by atoms with E-state index in [-0.39, 0.29) is 17.6 Å². The summed E-state index contributed by atoms with van der Waals surface area (Å²) < 4.78 is 28.0. The van der Waals surface area contributed by atoms with Gasteiger partial charge in [-0.25, -0.2) is 8.78 Å². The van der Waals surface area contributed by atoms with Crippen molar-refractivity contribution < 1.29 is 8.78 Å². The van der Waals surface area contributed by atoms with E-state index >= 15 is 0 Å². The van der Waals surface area contributed by atoms with E-state index in [1.54, 1.807) is 30.3 Å². The Morgan fingerprint density at radius 3 is 2.43 bits per heavy atom. The number of hydrogen-bond donors (Lipinski definition) is 1. The lowest BCUT2D eigenvalue weighted by Crippen LogP contribution is -2.23. The Morgan fingerprint density at radius 2 is 1.76 bits per heavy atom. The second-order valence-electron chi connectivity index (χ2n) is 4.93. The van der Waals surface area contributed by atoms with Crippen LogP contribution >= 0.6 is 11.6 Å². The average molecular weight is 310 g/mol. The lowest BCUT2D eigenvalue weighted by Gasteiger charge is -2.19. The van der Waals surface area contributed by atoms with E-state index in [1.807, 2.05) is 6.92 Å². The maximum absolute atomic E-state index is 14.0. The summed E-state index contributed by atoms with van der Waals surface area (Å²) in [6.45, 7) is 3.33. The van der Waals surface area contributed by atoms with Gasteiger partial charge in [0.15, 0.2) is 0 Å². The van der Waals surface area contributed by atoms with Crippen LogP contribution in [0.25, 0.3) is 0 Å². The summed E-state index contributed by atoms with van der Waals surface area (Å²) in [6.07, 6.45) is 0.361. The summed E-state index contributed by atoms with van der Waals surface area (Å²) in [5.74, 6) is -0.784. The third-order valence-corrected chi connectivity index (χ3v) is 3.85. The van der Waals surface area contributed by atoms with Crippen LogP contribution in [0.3, 0.4) is 0 Å². The summed E-state index contributed by atoms with van der Waals surface area (Å²) in [5.41, 5.74) is 1.02. The molecule has 0 spiro atoms. The minimum Gasteiger partial charge on any atom is -0.316 e. The van der Waals surface area contributed by atoms with Crippen molar-refractivity contribution in [2.24, 2.45) is 0 Å². The van der Waals surface area contributed by atoms with Crippen molar-refractivity contribution >= 4 is 11.6 Å². The molecule has 1 unspecified atom stereocenters.